The lowest BCUT2D eigenvalue weighted by Crippen LogP contribution is -2.16. The van der Waals surface area contributed by atoms with Gasteiger partial charge < -0.3 is 4.74 Å². The zero-order valence-electron chi connectivity index (χ0n) is 7.55. The molecule has 1 aromatic rings. The van der Waals surface area contributed by atoms with Gasteiger partial charge in [0, 0.05) is 11.2 Å². The number of hydrogen-bond acceptors (Lipinski definition) is 1. The van der Waals surface area contributed by atoms with E-state index in [-0.39, 0.29) is 11.9 Å². The summed E-state index contributed by atoms with van der Waals surface area (Å²) < 4.78 is 18.2. The van der Waals surface area contributed by atoms with Gasteiger partial charge in [-0.15, -0.1) is 11.6 Å². The molecule has 0 aliphatic heterocycles. The molecular weight excluding hydrogens is 270 g/mol. The van der Waals surface area contributed by atoms with Crippen LogP contribution in [0.25, 0.3) is 0 Å². The van der Waals surface area contributed by atoms with Crippen LogP contribution >= 0.6 is 27.5 Å². The number of alkyl halides is 2. The van der Waals surface area contributed by atoms with Crippen LogP contribution in [0.1, 0.15) is 5.56 Å². The summed E-state index contributed by atoms with van der Waals surface area (Å²) >= 11 is 8.92. The zero-order chi connectivity index (χ0) is 10.4. The molecule has 0 saturated carbocycles. The summed E-state index contributed by atoms with van der Waals surface area (Å²) in [5.74, 6) is 0.188. The Morgan fingerprint density at radius 1 is 1.50 bits per heavy atom. The summed E-state index contributed by atoms with van der Waals surface area (Å²) in [4.78, 5) is 0. The minimum atomic E-state index is -0.243. The van der Waals surface area contributed by atoms with Gasteiger partial charge in [0.15, 0.2) is 0 Å². The van der Waals surface area contributed by atoms with Crippen molar-refractivity contribution < 1.29 is 9.13 Å². The molecule has 4 heteroatoms. The molecule has 1 nitrogen and oxygen atoms in total. The summed E-state index contributed by atoms with van der Waals surface area (Å²) in [6, 6.07) is 6.35. The fourth-order valence-corrected chi connectivity index (χ4v) is 1.85. The lowest BCUT2D eigenvalue weighted by atomic mass is 10.2. The molecule has 0 radical (unpaired) electrons. The van der Waals surface area contributed by atoms with Crippen LogP contribution in [0, 0.1) is 5.82 Å². The maximum atomic E-state index is 12.8. The highest BCUT2D eigenvalue weighted by Crippen LogP contribution is 2.08. The third kappa shape index (κ3) is 3.95. The molecule has 1 aromatic carbocycles. The molecule has 0 aliphatic carbocycles. The van der Waals surface area contributed by atoms with E-state index in [4.69, 9.17) is 16.3 Å². The van der Waals surface area contributed by atoms with Crippen LogP contribution in [0.4, 0.5) is 4.39 Å². The first-order chi connectivity index (χ1) is 6.76. The molecular formula is C10H11BrClFO. The molecule has 1 rings (SSSR count). The van der Waals surface area contributed by atoms with Crippen molar-refractivity contribution in [2.24, 2.45) is 0 Å². The smallest absolute Gasteiger partial charge is 0.123 e. The summed E-state index contributed by atoms with van der Waals surface area (Å²) in [5.41, 5.74) is 0.820. The van der Waals surface area contributed by atoms with Crippen LogP contribution in [-0.2, 0) is 11.3 Å². The standard InChI is InChI=1S/C10H11BrClFO/c11-5-10(6-12)14-7-8-2-1-3-9(13)4-8/h1-4,10H,5-7H2/t10-/m1/s1. The van der Waals surface area contributed by atoms with Crippen molar-refractivity contribution in [1.29, 1.82) is 0 Å². The number of ether oxygens (including phenoxy) is 1. The SMILES string of the molecule is Fc1cccc(CO[C@@H](CCl)CBr)c1. The van der Waals surface area contributed by atoms with E-state index in [2.05, 4.69) is 15.9 Å². The van der Waals surface area contributed by atoms with Crippen molar-refractivity contribution in [1.82, 2.24) is 0 Å². The highest BCUT2D eigenvalue weighted by Gasteiger charge is 2.05. The quantitative estimate of drug-likeness (QED) is 0.752. The Hall–Kier alpha value is -0.120. The fraction of sp³-hybridized carbons (Fsp3) is 0.400. The average Bonchev–Trinajstić information content (AvgIpc) is 2.19. The van der Waals surface area contributed by atoms with Crippen LogP contribution in [-0.4, -0.2) is 17.3 Å². The zero-order valence-corrected chi connectivity index (χ0v) is 9.89. The first-order valence-electron chi connectivity index (χ1n) is 4.24. The molecule has 0 heterocycles. The topological polar surface area (TPSA) is 9.23 Å². The molecule has 1 atom stereocenters. The van der Waals surface area contributed by atoms with Gasteiger partial charge in [-0.25, -0.2) is 4.39 Å². The van der Waals surface area contributed by atoms with Gasteiger partial charge in [-0.05, 0) is 17.7 Å². The maximum absolute atomic E-state index is 12.8. The molecule has 0 bridgehead atoms. The Morgan fingerprint density at radius 2 is 2.29 bits per heavy atom. The van der Waals surface area contributed by atoms with Gasteiger partial charge in [0.25, 0.3) is 0 Å². The number of halogens is 3. The van der Waals surface area contributed by atoms with Gasteiger partial charge in [0.1, 0.15) is 5.82 Å². The lowest BCUT2D eigenvalue weighted by molar-refractivity contribution is 0.0716. The summed E-state index contributed by atoms with van der Waals surface area (Å²) in [7, 11) is 0. The maximum Gasteiger partial charge on any atom is 0.123 e. The lowest BCUT2D eigenvalue weighted by Gasteiger charge is -2.11. The molecule has 0 spiro atoms. The van der Waals surface area contributed by atoms with Gasteiger partial charge in [-0.1, -0.05) is 28.1 Å². The van der Waals surface area contributed by atoms with Gasteiger partial charge in [-0.2, -0.15) is 0 Å². The van der Waals surface area contributed by atoms with E-state index in [1.807, 2.05) is 6.07 Å². The van der Waals surface area contributed by atoms with Crippen molar-refractivity contribution >= 4 is 27.5 Å². The fourth-order valence-electron chi connectivity index (χ4n) is 0.971. The molecule has 14 heavy (non-hydrogen) atoms. The monoisotopic (exact) mass is 280 g/mol. The summed E-state index contributed by atoms with van der Waals surface area (Å²) in [6.07, 6.45) is -0.0278. The Labute approximate surface area is 96.3 Å². The third-order valence-corrected chi connectivity index (χ3v) is 2.79. The highest BCUT2D eigenvalue weighted by molar-refractivity contribution is 9.09. The predicted octanol–water partition coefficient (Wildman–Crippen LogP) is 3.34. The Kier molecular flexibility index (Phi) is 5.45. The molecule has 78 valence electrons. The second-order valence-electron chi connectivity index (χ2n) is 2.87. The van der Waals surface area contributed by atoms with Gasteiger partial charge >= 0.3 is 0 Å². The molecule has 0 aromatic heterocycles. The van der Waals surface area contributed by atoms with Crippen LogP contribution in [0.2, 0.25) is 0 Å². The molecule has 0 fully saturated rings. The number of hydrogen-bond donors (Lipinski definition) is 0. The summed E-state index contributed by atoms with van der Waals surface area (Å²) in [5, 5.41) is 0.686. The second kappa shape index (κ2) is 6.38. The van der Waals surface area contributed by atoms with E-state index < -0.39 is 0 Å². The molecule has 0 amide bonds. The van der Waals surface area contributed by atoms with Crippen molar-refractivity contribution in [3.8, 4) is 0 Å². The Bertz CT molecular complexity index is 279. The third-order valence-electron chi connectivity index (χ3n) is 1.72. The largest absolute Gasteiger partial charge is 0.371 e. The first kappa shape index (κ1) is 12.0. The minimum Gasteiger partial charge on any atom is -0.371 e. The van der Waals surface area contributed by atoms with Crippen LogP contribution in [0.15, 0.2) is 24.3 Å². The van der Waals surface area contributed by atoms with Gasteiger partial charge in [0.05, 0.1) is 12.7 Å². The van der Waals surface area contributed by atoms with E-state index in [1.54, 1.807) is 6.07 Å². The normalized spacial score (nSPS) is 12.8. The van der Waals surface area contributed by atoms with Crippen molar-refractivity contribution in [2.75, 3.05) is 11.2 Å². The average molecular weight is 282 g/mol. The molecule has 0 N–H and O–H groups in total. The van der Waals surface area contributed by atoms with E-state index in [0.717, 1.165) is 5.56 Å². The highest BCUT2D eigenvalue weighted by atomic mass is 79.9. The van der Waals surface area contributed by atoms with Gasteiger partial charge in [0.2, 0.25) is 0 Å². The second-order valence-corrected chi connectivity index (χ2v) is 3.83. The molecule has 0 aliphatic rings. The molecule has 0 unspecified atom stereocenters. The number of benzene rings is 1. The van der Waals surface area contributed by atoms with E-state index in [9.17, 15) is 4.39 Å². The van der Waals surface area contributed by atoms with Crippen molar-refractivity contribution in [2.45, 2.75) is 12.7 Å². The van der Waals surface area contributed by atoms with E-state index >= 15 is 0 Å². The molecule has 0 saturated heterocycles. The van der Waals surface area contributed by atoms with E-state index in [1.165, 1.54) is 12.1 Å². The Balaban J connectivity index is 2.44. The van der Waals surface area contributed by atoms with Crippen LogP contribution in [0.3, 0.4) is 0 Å². The first-order valence-corrected chi connectivity index (χ1v) is 5.90. The van der Waals surface area contributed by atoms with E-state index in [0.29, 0.717) is 17.8 Å². The Morgan fingerprint density at radius 3 is 2.86 bits per heavy atom. The van der Waals surface area contributed by atoms with Crippen LogP contribution in [0.5, 0.6) is 0 Å². The summed E-state index contributed by atoms with van der Waals surface area (Å²) in [6.45, 7) is 0.390. The van der Waals surface area contributed by atoms with Crippen molar-refractivity contribution in [3.05, 3.63) is 35.6 Å². The predicted molar refractivity (Wildman–Crippen MR) is 59.5 cm³/mol. The van der Waals surface area contributed by atoms with Crippen LogP contribution < -0.4 is 0 Å². The number of rotatable bonds is 5. The van der Waals surface area contributed by atoms with Crippen molar-refractivity contribution in [3.63, 3.8) is 0 Å². The van der Waals surface area contributed by atoms with Gasteiger partial charge in [-0.3, -0.25) is 0 Å². The minimum absolute atomic E-state index is 0.0278.